The summed E-state index contributed by atoms with van der Waals surface area (Å²) in [5, 5.41) is 9.63. The Morgan fingerprint density at radius 3 is 2.51 bits per heavy atom. The van der Waals surface area contributed by atoms with Crippen molar-refractivity contribution in [1.29, 1.82) is 0 Å². The molecule has 2 N–H and O–H groups in total. The molecule has 0 aromatic carbocycles. The number of hydrogen-bond donors (Lipinski definition) is 2. The van der Waals surface area contributed by atoms with Gasteiger partial charge in [-0.05, 0) is 44.6 Å². The van der Waals surface area contributed by atoms with E-state index in [4.69, 9.17) is 9.47 Å². The number of aromatic amines is 1. The number of aromatic nitrogens is 3. The highest BCUT2D eigenvalue weighted by Crippen LogP contribution is 2.40. The van der Waals surface area contributed by atoms with Crippen LogP contribution in [0.3, 0.4) is 0 Å². The van der Waals surface area contributed by atoms with Crippen LogP contribution >= 0.6 is 0 Å². The molecule has 200 valence electrons. The zero-order valence-electron chi connectivity index (χ0n) is 20.1. The molecular formula is C24H27F4N5O4. The van der Waals surface area contributed by atoms with Gasteiger partial charge in [-0.1, -0.05) is 0 Å². The van der Waals surface area contributed by atoms with Crippen LogP contribution in [0.1, 0.15) is 49.0 Å². The van der Waals surface area contributed by atoms with Crippen LogP contribution < -0.4 is 10.1 Å². The number of pyridine rings is 1. The van der Waals surface area contributed by atoms with Crippen molar-refractivity contribution in [1.82, 2.24) is 25.4 Å². The number of fused-ring (bicyclic) bond motifs is 2. The topological polar surface area (TPSA) is 109 Å². The van der Waals surface area contributed by atoms with E-state index in [0.717, 1.165) is 19.0 Å². The van der Waals surface area contributed by atoms with Gasteiger partial charge in [0.25, 0.3) is 5.91 Å². The van der Waals surface area contributed by atoms with Crippen LogP contribution in [-0.4, -0.2) is 76.0 Å². The van der Waals surface area contributed by atoms with E-state index in [9.17, 15) is 27.2 Å². The summed E-state index contributed by atoms with van der Waals surface area (Å²) in [5.41, 5.74) is 0.600. The number of nitrogens with zero attached hydrogens (tertiary/aromatic N) is 3. The van der Waals surface area contributed by atoms with Gasteiger partial charge in [0.1, 0.15) is 5.69 Å². The van der Waals surface area contributed by atoms with Crippen LogP contribution in [0.15, 0.2) is 18.3 Å². The normalized spacial score (nSPS) is 27.7. The predicted molar refractivity (Wildman–Crippen MR) is 121 cm³/mol. The highest BCUT2D eigenvalue weighted by molar-refractivity contribution is 5.94. The van der Waals surface area contributed by atoms with Crippen LogP contribution in [0.25, 0.3) is 11.3 Å². The molecule has 5 rings (SSSR count). The number of alkyl halides is 3. The first-order chi connectivity index (χ1) is 17.6. The molecule has 5 heterocycles. The third-order valence-electron chi connectivity index (χ3n) is 7.45. The van der Waals surface area contributed by atoms with Crippen LogP contribution in [-0.2, 0) is 9.53 Å². The minimum absolute atomic E-state index is 0.147. The van der Waals surface area contributed by atoms with Crippen LogP contribution in [0, 0.1) is 11.7 Å². The zero-order chi connectivity index (χ0) is 26.3. The first-order valence-electron chi connectivity index (χ1n) is 12.2. The third kappa shape index (κ3) is 5.13. The van der Waals surface area contributed by atoms with Gasteiger partial charge in [-0.15, -0.1) is 0 Å². The quantitative estimate of drug-likeness (QED) is 0.581. The van der Waals surface area contributed by atoms with Crippen LogP contribution in [0.2, 0.25) is 0 Å². The third-order valence-corrected chi connectivity index (χ3v) is 7.45. The van der Waals surface area contributed by atoms with Crippen LogP contribution in [0.4, 0.5) is 17.6 Å². The minimum Gasteiger partial charge on any atom is -0.481 e. The molecule has 5 atom stereocenters. The van der Waals surface area contributed by atoms with E-state index in [1.54, 1.807) is 4.90 Å². The monoisotopic (exact) mass is 525 g/mol. The molecule has 3 aliphatic rings. The number of halogens is 4. The lowest BCUT2D eigenvalue weighted by Gasteiger charge is -2.39. The van der Waals surface area contributed by atoms with Crippen molar-refractivity contribution in [3.63, 3.8) is 0 Å². The standard InChI is InChI=1S/C24H27F4N5O4/c1-36-21-8-16(17(25)10-29-21)18-9-19(32-31-18)23(35)33-14-3-4-15(33)7-12(6-14)22(34)30-13-2-5-20(37-11-13)24(26,27)28/h8-10,12-15,20H,2-7,11H2,1H3,(H,30,34)(H,31,32)/t12?,13-,14-,15?,20+/m1/s1. The summed E-state index contributed by atoms with van der Waals surface area (Å²) in [4.78, 5) is 31.8. The Morgan fingerprint density at radius 1 is 1.16 bits per heavy atom. The highest BCUT2D eigenvalue weighted by Gasteiger charge is 2.47. The predicted octanol–water partition coefficient (Wildman–Crippen LogP) is 3.23. The van der Waals surface area contributed by atoms with Crippen molar-refractivity contribution in [2.24, 2.45) is 5.92 Å². The van der Waals surface area contributed by atoms with E-state index in [0.29, 0.717) is 12.8 Å². The fourth-order valence-corrected chi connectivity index (χ4v) is 5.60. The number of amides is 2. The second-order valence-electron chi connectivity index (χ2n) is 9.79. The summed E-state index contributed by atoms with van der Waals surface area (Å²) in [6, 6.07) is 2.12. The maximum Gasteiger partial charge on any atom is 0.414 e. The van der Waals surface area contributed by atoms with E-state index >= 15 is 0 Å². The first-order valence-corrected chi connectivity index (χ1v) is 12.2. The summed E-state index contributed by atoms with van der Waals surface area (Å²) in [7, 11) is 1.41. The lowest BCUT2D eigenvalue weighted by molar-refractivity contribution is -0.232. The lowest BCUT2D eigenvalue weighted by atomic mass is 9.89. The Labute approximate surface area is 209 Å². The van der Waals surface area contributed by atoms with E-state index < -0.39 is 24.1 Å². The summed E-state index contributed by atoms with van der Waals surface area (Å²) >= 11 is 0. The van der Waals surface area contributed by atoms with E-state index in [-0.39, 0.29) is 72.1 Å². The Bertz CT molecular complexity index is 1150. The summed E-state index contributed by atoms with van der Waals surface area (Å²) in [6.45, 7) is -0.174. The van der Waals surface area contributed by atoms with Crippen molar-refractivity contribution < 1.29 is 36.6 Å². The van der Waals surface area contributed by atoms with Gasteiger partial charge in [0.15, 0.2) is 11.9 Å². The number of nitrogens with one attached hydrogen (secondary N) is 2. The Hall–Kier alpha value is -3.22. The molecule has 3 fully saturated rings. The van der Waals surface area contributed by atoms with E-state index in [1.165, 1.54) is 19.2 Å². The van der Waals surface area contributed by atoms with E-state index in [2.05, 4.69) is 20.5 Å². The number of H-pyrrole nitrogens is 1. The second kappa shape index (κ2) is 9.92. The van der Waals surface area contributed by atoms with Gasteiger partial charge in [0.05, 0.1) is 31.6 Å². The van der Waals surface area contributed by atoms with Crippen molar-refractivity contribution in [2.45, 2.75) is 68.9 Å². The van der Waals surface area contributed by atoms with E-state index in [1.807, 2.05) is 0 Å². The number of piperidine rings is 1. The Morgan fingerprint density at radius 2 is 1.89 bits per heavy atom. The van der Waals surface area contributed by atoms with Crippen molar-refractivity contribution >= 4 is 11.8 Å². The number of methoxy groups -OCH3 is 1. The second-order valence-corrected chi connectivity index (χ2v) is 9.79. The highest BCUT2D eigenvalue weighted by atomic mass is 19.4. The minimum atomic E-state index is -4.40. The molecule has 13 heteroatoms. The number of rotatable bonds is 5. The number of carbonyl (C=O) groups excluding carboxylic acids is 2. The molecule has 2 unspecified atom stereocenters. The molecule has 0 saturated carbocycles. The van der Waals surface area contributed by atoms with Crippen LogP contribution in [0.5, 0.6) is 5.88 Å². The number of carbonyl (C=O) groups is 2. The summed E-state index contributed by atoms with van der Waals surface area (Å²) in [5.74, 6) is -1.21. The maximum atomic E-state index is 14.3. The molecule has 9 nitrogen and oxygen atoms in total. The van der Waals surface area contributed by atoms with Gasteiger partial charge in [-0.3, -0.25) is 14.7 Å². The van der Waals surface area contributed by atoms with Crippen molar-refractivity contribution in [3.05, 3.63) is 29.8 Å². The Kier molecular flexibility index (Phi) is 6.82. The van der Waals surface area contributed by atoms with Gasteiger partial charge in [-0.25, -0.2) is 9.37 Å². The van der Waals surface area contributed by atoms with Gasteiger partial charge in [-0.2, -0.15) is 18.3 Å². The van der Waals surface area contributed by atoms with Gasteiger partial charge in [0.2, 0.25) is 11.8 Å². The fourth-order valence-electron chi connectivity index (χ4n) is 5.60. The van der Waals surface area contributed by atoms with Gasteiger partial charge >= 0.3 is 6.18 Å². The van der Waals surface area contributed by atoms with Gasteiger partial charge in [0, 0.05) is 29.6 Å². The molecule has 3 saturated heterocycles. The molecular weight excluding hydrogens is 498 g/mol. The number of hydrogen-bond acceptors (Lipinski definition) is 6. The molecule has 37 heavy (non-hydrogen) atoms. The Balaban J connectivity index is 1.20. The van der Waals surface area contributed by atoms with Crippen molar-refractivity contribution in [3.8, 4) is 17.1 Å². The van der Waals surface area contributed by atoms with Gasteiger partial charge < -0.3 is 19.7 Å². The molecule has 0 aliphatic carbocycles. The summed E-state index contributed by atoms with van der Waals surface area (Å²) in [6.07, 6.45) is -2.73. The molecule has 2 bridgehead atoms. The fraction of sp³-hybridized carbons (Fsp3) is 0.583. The number of ether oxygens (including phenoxy) is 2. The zero-order valence-corrected chi connectivity index (χ0v) is 20.1. The molecule has 2 aromatic rings. The maximum absolute atomic E-state index is 14.3. The summed E-state index contributed by atoms with van der Waals surface area (Å²) < 4.78 is 62.6. The SMILES string of the molecule is COc1cc(-c2cc(C(=O)N3C4CC[C@@H]3CC(C(=O)N[C@@H]3CC[C@@H](C(F)(F)F)OC3)C4)[nH]n2)c(F)cn1. The largest absolute Gasteiger partial charge is 0.481 e. The molecule has 3 aliphatic heterocycles. The lowest BCUT2D eigenvalue weighted by Crippen LogP contribution is -2.52. The smallest absolute Gasteiger partial charge is 0.414 e. The molecule has 2 amide bonds. The molecule has 0 spiro atoms. The first kappa shape index (κ1) is 25.4. The average molecular weight is 526 g/mol. The molecule has 2 aromatic heterocycles. The van der Waals surface area contributed by atoms with Crippen molar-refractivity contribution in [2.75, 3.05) is 13.7 Å². The average Bonchev–Trinajstić information content (AvgIpc) is 3.46. The molecule has 0 radical (unpaired) electrons.